The number of aromatic nitrogens is 2. The number of carboxylic acid groups (broad SMARTS) is 2. The Labute approximate surface area is 250 Å². The first-order chi connectivity index (χ1) is 20.1. The maximum Gasteiger partial charge on any atom is 0.490 e. The Kier molecular flexibility index (Phi) is 11.8. The van der Waals surface area contributed by atoms with Crippen LogP contribution in [0.4, 0.5) is 37.2 Å². The summed E-state index contributed by atoms with van der Waals surface area (Å²) in [6, 6.07) is 14.2. The van der Waals surface area contributed by atoms with E-state index in [1.54, 1.807) is 36.4 Å². The van der Waals surface area contributed by atoms with Gasteiger partial charge in [-0.25, -0.2) is 14.6 Å². The fourth-order valence-corrected chi connectivity index (χ4v) is 4.38. The summed E-state index contributed by atoms with van der Waals surface area (Å²) in [5, 5.41) is 22.4. The average Bonchev–Trinajstić information content (AvgIpc) is 3.34. The van der Waals surface area contributed by atoms with E-state index in [-0.39, 0.29) is 13.1 Å². The minimum Gasteiger partial charge on any atom is -0.480 e. The number of alkyl halides is 6. The number of rotatable bonds is 8. The molecule has 1 atom stereocenters. The third-order valence-electron chi connectivity index (χ3n) is 5.61. The summed E-state index contributed by atoms with van der Waals surface area (Å²) in [6.07, 6.45) is -7.80. The number of thiazole rings is 1. The summed E-state index contributed by atoms with van der Waals surface area (Å²) >= 11 is 1.08. The number of aliphatic carboxylic acids is 2. The number of nitrogens with zero attached hydrogens (tertiary/aromatic N) is 2. The molecule has 236 valence electrons. The van der Waals surface area contributed by atoms with Crippen LogP contribution in [0.5, 0.6) is 0 Å². The second-order valence-corrected chi connectivity index (χ2v) is 9.83. The Morgan fingerprint density at radius 3 is 1.95 bits per heavy atom. The molecule has 4 rings (SSSR count). The normalized spacial score (nSPS) is 11.9. The van der Waals surface area contributed by atoms with Gasteiger partial charge in [-0.1, -0.05) is 56.4 Å². The average molecular weight is 645 g/mol. The van der Waals surface area contributed by atoms with Gasteiger partial charge in [-0.2, -0.15) is 31.3 Å². The largest absolute Gasteiger partial charge is 0.490 e. The van der Waals surface area contributed by atoms with Gasteiger partial charge in [-0.3, -0.25) is 4.79 Å². The zero-order chi connectivity index (χ0) is 31.9. The number of benzene rings is 2. The van der Waals surface area contributed by atoms with Gasteiger partial charge in [0, 0.05) is 17.4 Å². The van der Waals surface area contributed by atoms with E-state index in [1.807, 2.05) is 19.1 Å². The van der Waals surface area contributed by atoms with Crippen molar-refractivity contribution in [2.75, 3.05) is 5.32 Å². The molecule has 16 heteroatoms. The molecule has 0 bridgehead atoms. The van der Waals surface area contributed by atoms with Crippen molar-refractivity contribution in [3.63, 3.8) is 0 Å². The summed E-state index contributed by atoms with van der Waals surface area (Å²) in [7, 11) is 0. The molecule has 0 aliphatic carbocycles. The zero-order valence-electron chi connectivity index (χ0n) is 22.0. The minimum absolute atomic E-state index is 0. The highest BCUT2D eigenvalue weighted by molar-refractivity contribution is 7.22. The van der Waals surface area contributed by atoms with Gasteiger partial charge >= 0.3 is 24.3 Å². The van der Waals surface area contributed by atoms with Crippen LogP contribution in [-0.4, -0.2) is 50.2 Å². The molecule has 0 radical (unpaired) electrons. The first kappa shape index (κ1) is 35.5. The monoisotopic (exact) mass is 644 g/mol. The number of pyridine rings is 1. The number of halogens is 6. The molecule has 0 unspecified atom stereocenters. The standard InChI is InChI=1S/C25H21F3N4O3S.C2HF3O2.CH4/c1-2-3-19(23(34)35)31-22(33)16-6-4-14(5-7-16)15-8-10-18(11-9-15)30-24-32-21-20(36-24)12-17(13-29-21)25(26,27)28;3-2(4,5)1(6)7;/h4-13,19H,2-3H2,1H3,(H,31,33)(H,34,35)(H,29,30,32);(H,6,7);1H4/t19-;;/m0../s1. The Bertz CT molecular complexity index is 1590. The molecule has 4 aromatic rings. The van der Waals surface area contributed by atoms with E-state index in [0.717, 1.165) is 34.7 Å². The summed E-state index contributed by atoms with van der Waals surface area (Å²) in [5.41, 5.74) is 2.20. The number of anilines is 2. The third-order valence-corrected chi connectivity index (χ3v) is 6.52. The summed E-state index contributed by atoms with van der Waals surface area (Å²) in [5.74, 6) is -4.27. The van der Waals surface area contributed by atoms with E-state index in [0.29, 0.717) is 33.9 Å². The lowest BCUT2D eigenvalue weighted by atomic mass is 10.0. The van der Waals surface area contributed by atoms with Crippen molar-refractivity contribution in [2.45, 2.75) is 45.6 Å². The van der Waals surface area contributed by atoms with Crippen LogP contribution in [0.25, 0.3) is 21.5 Å². The molecular formula is C28H26F6N4O5S. The molecule has 0 aliphatic heterocycles. The van der Waals surface area contributed by atoms with Gasteiger partial charge in [0.2, 0.25) is 0 Å². The van der Waals surface area contributed by atoms with E-state index in [4.69, 9.17) is 9.90 Å². The van der Waals surface area contributed by atoms with Crippen LogP contribution in [0, 0.1) is 0 Å². The fraction of sp³-hybridized carbons (Fsp3) is 0.250. The summed E-state index contributed by atoms with van der Waals surface area (Å²) in [6.45, 7) is 1.85. The first-order valence-electron chi connectivity index (χ1n) is 12.2. The van der Waals surface area contributed by atoms with E-state index in [2.05, 4.69) is 20.6 Å². The molecule has 0 spiro atoms. The van der Waals surface area contributed by atoms with Crippen molar-refractivity contribution >= 4 is 50.3 Å². The Morgan fingerprint density at radius 2 is 1.48 bits per heavy atom. The number of carbonyl (C=O) groups is 3. The number of carbonyl (C=O) groups excluding carboxylic acids is 1. The molecule has 0 saturated carbocycles. The molecule has 0 saturated heterocycles. The highest BCUT2D eigenvalue weighted by Gasteiger charge is 2.38. The summed E-state index contributed by atoms with van der Waals surface area (Å²) < 4.78 is 70.8. The maximum absolute atomic E-state index is 12.9. The highest BCUT2D eigenvalue weighted by atomic mass is 32.1. The lowest BCUT2D eigenvalue weighted by molar-refractivity contribution is -0.192. The molecule has 0 fully saturated rings. The quantitative estimate of drug-likeness (QED) is 0.146. The molecule has 2 aromatic heterocycles. The second kappa shape index (κ2) is 14.6. The number of hydrogen-bond acceptors (Lipinski definition) is 7. The number of fused-ring (bicyclic) bond motifs is 1. The maximum atomic E-state index is 12.9. The number of carboxylic acids is 2. The second-order valence-electron chi connectivity index (χ2n) is 8.80. The molecular weight excluding hydrogens is 618 g/mol. The van der Waals surface area contributed by atoms with Gasteiger partial charge in [-0.15, -0.1) is 0 Å². The predicted octanol–water partition coefficient (Wildman–Crippen LogP) is 7.37. The minimum atomic E-state index is -5.08. The number of hydrogen-bond donors (Lipinski definition) is 4. The van der Waals surface area contributed by atoms with E-state index >= 15 is 0 Å². The van der Waals surface area contributed by atoms with Crippen LogP contribution in [-0.2, 0) is 15.8 Å². The predicted molar refractivity (Wildman–Crippen MR) is 152 cm³/mol. The smallest absolute Gasteiger partial charge is 0.480 e. The molecule has 0 aliphatic rings. The SMILES string of the molecule is C.CCC[C@H](NC(=O)c1ccc(-c2ccc(Nc3nc4ncc(C(F)(F)F)cc4s3)cc2)cc1)C(=O)O.O=C(O)C(F)(F)F. The van der Waals surface area contributed by atoms with Crippen molar-refractivity contribution in [3.05, 3.63) is 71.9 Å². The van der Waals surface area contributed by atoms with Crippen LogP contribution in [0.1, 0.15) is 43.1 Å². The lowest BCUT2D eigenvalue weighted by Crippen LogP contribution is -2.40. The van der Waals surface area contributed by atoms with Crippen molar-refractivity contribution in [1.29, 1.82) is 0 Å². The van der Waals surface area contributed by atoms with Crippen LogP contribution >= 0.6 is 11.3 Å². The van der Waals surface area contributed by atoms with Crippen LogP contribution in [0.2, 0.25) is 0 Å². The van der Waals surface area contributed by atoms with Gasteiger partial charge in [0.25, 0.3) is 5.91 Å². The van der Waals surface area contributed by atoms with Crippen LogP contribution < -0.4 is 10.6 Å². The van der Waals surface area contributed by atoms with Gasteiger partial charge in [-0.05, 0) is 47.9 Å². The third kappa shape index (κ3) is 9.65. The highest BCUT2D eigenvalue weighted by Crippen LogP contribution is 2.34. The summed E-state index contributed by atoms with van der Waals surface area (Å²) in [4.78, 5) is 40.6. The molecule has 44 heavy (non-hydrogen) atoms. The zero-order valence-corrected chi connectivity index (χ0v) is 22.8. The Hall–Kier alpha value is -4.73. The number of nitrogens with one attached hydrogen (secondary N) is 2. The van der Waals surface area contributed by atoms with Gasteiger partial charge in [0.1, 0.15) is 6.04 Å². The van der Waals surface area contributed by atoms with Gasteiger partial charge in [0.15, 0.2) is 10.8 Å². The van der Waals surface area contributed by atoms with Crippen LogP contribution in [0.3, 0.4) is 0 Å². The Morgan fingerprint density at radius 1 is 0.932 bits per heavy atom. The van der Waals surface area contributed by atoms with Crippen molar-refractivity contribution < 1.29 is 50.9 Å². The lowest BCUT2D eigenvalue weighted by Gasteiger charge is -2.13. The Balaban J connectivity index is 0.000000756. The topological polar surface area (TPSA) is 142 Å². The van der Waals surface area contributed by atoms with Crippen LogP contribution in [0.15, 0.2) is 60.8 Å². The molecule has 4 N–H and O–H groups in total. The fourth-order valence-electron chi connectivity index (χ4n) is 3.50. The van der Waals surface area contributed by atoms with E-state index in [1.165, 1.54) is 0 Å². The van der Waals surface area contributed by atoms with E-state index in [9.17, 15) is 41.0 Å². The molecule has 2 heterocycles. The molecule has 1 amide bonds. The van der Waals surface area contributed by atoms with Crippen molar-refractivity contribution in [1.82, 2.24) is 15.3 Å². The number of amides is 1. The van der Waals surface area contributed by atoms with Gasteiger partial charge in [0.05, 0.1) is 10.3 Å². The first-order valence-corrected chi connectivity index (χ1v) is 13.0. The van der Waals surface area contributed by atoms with Crippen molar-refractivity contribution in [2.24, 2.45) is 0 Å². The van der Waals surface area contributed by atoms with Crippen molar-refractivity contribution in [3.8, 4) is 11.1 Å². The van der Waals surface area contributed by atoms with Gasteiger partial charge < -0.3 is 20.8 Å². The molecule has 2 aromatic carbocycles. The molecule has 9 nitrogen and oxygen atoms in total. The van der Waals surface area contributed by atoms with E-state index < -0.39 is 41.8 Å².